The van der Waals surface area contributed by atoms with Crippen molar-refractivity contribution in [3.05, 3.63) is 28.8 Å². The van der Waals surface area contributed by atoms with Gasteiger partial charge in [-0.05, 0) is 31.0 Å². The van der Waals surface area contributed by atoms with E-state index in [1.165, 1.54) is 33.8 Å². The maximum Gasteiger partial charge on any atom is 0.259 e. The van der Waals surface area contributed by atoms with Crippen LogP contribution in [0.1, 0.15) is 49.9 Å². The van der Waals surface area contributed by atoms with Crippen molar-refractivity contribution in [2.75, 3.05) is 18.4 Å². The van der Waals surface area contributed by atoms with Crippen molar-refractivity contribution in [2.24, 2.45) is 0 Å². The van der Waals surface area contributed by atoms with E-state index in [1.54, 1.807) is 11.8 Å². The first-order valence-electron chi connectivity index (χ1n) is 9.38. The van der Waals surface area contributed by atoms with Crippen LogP contribution in [0.15, 0.2) is 27.4 Å². The summed E-state index contributed by atoms with van der Waals surface area (Å²) in [6.07, 6.45) is 3.74. The third-order valence-electron chi connectivity index (χ3n) is 4.35. The molecule has 0 atom stereocenters. The van der Waals surface area contributed by atoms with Gasteiger partial charge in [0.05, 0.1) is 15.5 Å². The van der Waals surface area contributed by atoms with E-state index >= 15 is 0 Å². The lowest BCUT2D eigenvalue weighted by molar-refractivity contribution is 0.102. The number of amides is 1. The number of anilines is 1. The van der Waals surface area contributed by atoms with Crippen LogP contribution >= 0.6 is 34.7 Å². The van der Waals surface area contributed by atoms with Gasteiger partial charge in [-0.15, -0.1) is 10.2 Å². The van der Waals surface area contributed by atoms with Gasteiger partial charge in [0.15, 0.2) is 4.34 Å². The molecule has 1 N–H and O–H groups in total. The van der Waals surface area contributed by atoms with Gasteiger partial charge in [-0.1, -0.05) is 61.4 Å². The number of benzene rings is 1. The molecule has 3 rings (SSSR count). The van der Waals surface area contributed by atoms with Crippen molar-refractivity contribution >= 4 is 55.8 Å². The van der Waals surface area contributed by atoms with Gasteiger partial charge in [-0.25, -0.2) is 8.42 Å². The quantitative estimate of drug-likeness (QED) is 0.489. The second-order valence-electron chi connectivity index (χ2n) is 6.95. The molecule has 0 saturated carbocycles. The molecule has 0 spiro atoms. The number of rotatable bonds is 6. The highest BCUT2D eigenvalue weighted by atomic mass is 35.5. The Labute approximate surface area is 184 Å². The van der Waals surface area contributed by atoms with E-state index in [1.807, 2.05) is 13.8 Å². The topological polar surface area (TPSA) is 92.3 Å². The van der Waals surface area contributed by atoms with Gasteiger partial charge in [0.2, 0.25) is 15.2 Å². The lowest BCUT2D eigenvalue weighted by atomic mass is 10.2. The Bertz CT molecular complexity index is 970. The SMILES string of the molecule is CC(C)Sc1nnc(NC(=O)c2cc(S(=O)(=O)N3CCCCCC3)ccc2Cl)s1. The summed E-state index contributed by atoms with van der Waals surface area (Å²) in [5.74, 6) is -0.514. The molecule has 2 aromatic rings. The molecule has 1 aromatic heterocycles. The van der Waals surface area contributed by atoms with Crippen LogP contribution in [0.4, 0.5) is 5.13 Å². The summed E-state index contributed by atoms with van der Waals surface area (Å²) in [5, 5.41) is 11.5. The Morgan fingerprint density at radius 1 is 1.21 bits per heavy atom. The van der Waals surface area contributed by atoms with Gasteiger partial charge in [-0.2, -0.15) is 4.31 Å². The maximum atomic E-state index is 13.0. The van der Waals surface area contributed by atoms with Crippen LogP contribution in [-0.2, 0) is 10.0 Å². The number of hydrogen-bond acceptors (Lipinski definition) is 7. The number of aromatic nitrogens is 2. The second-order valence-corrected chi connectivity index (χ2v) is 12.1. The zero-order chi connectivity index (χ0) is 21.0. The van der Waals surface area contributed by atoms with E-state index in [0.717, 1.165) is 30.0 Å². The first kappa shape index (κ1) is 22.5. The summed E-state index contributed by atoms with van der Waals surface area (Å²) >= 11 is 9.00. The number of nitrogens with one attached hydrogen (secondary N) is 1. The lowest BCUT2D eigenvalue weighted by Crippen LogP contribution is -2.32. The van der Waals surface area contributed by atoms with E-state index in [-0.39, 0.29) is 15.5 Å². The van der Waals surface area contributed by atoms with Gasteiger partial charge >= 0.3 is 0 Å². The van der Waals surface area contributed by atoms with Gasteiger partial charge in [0.25, 0.3) is 5.91 Å². The monoisotopic (exact) mass is 474 g/mol. The molecule has 11 heteroatoms. The minimum absolute atomic E-state index is 0.0715. The maximum absolute atomic E-state index is 13.0. The number of hydrogen-bond donors (Lipinski definition) is 1. The standard InChI is InChI=1S/C18H23ClN4O3S3/c1-12(2)27-18-22-21-17(28-18)20-16(24)14-11-13(7-8-15(14)19)29(25,26)23-9-5-3-4-6-10-23/h7-8,11-12H,3-6,9-10H2,1-2H3,(H,20,21,24). The zero-order valence-electron chi connectivity index (χ0n) is 16.2. The van der Waals surface area contributed by atoms with E-state index in [2.05, 4.69) is 15.5 Å². The number of thioether (sulfide) groups is 1. The van der Waals surface area contributed by atoms with E-state index in [4.69, 9.17) is 11.6 Å². The minimum Gasteiger partial charge on any atom is -0.296 e. The summed E-state index contributed by atoms with van der Waals surface area (Å²) in [6, 6.07) is 4.23. The highest BCUT2D eigenvalue weighted by molar-refractivity contribution is 8.01. The number of sulfonamides is 1. The van der Waals surface area contributed by atoms with E-state index < -0.39 is 15.9 Å². The fraction of sp³-hybridized carbons (Fsp3) is 0.500. The van der Waals surface area contributed by atoms with Crippen molar-refractivity contribution in [2.45, 2.75) is 54.0 Å². The van der Waals surface area contributed by atoms with E-state index in [0.29, 0.717) is 23.5 Å². The second kappa shape index (κ2) is 9.74. The Morgan fingerprint density at radius 2 is 1.90 bits per heavy atom. The van der Waals surface area contributed by atoms with Crippen LogP contribution in [0, 0.1) is 0 Å². The zero-order valence-corrected chi connectivity index (χ0v) is 19.4. The Morgan fingerprint density at radius 3 is 2.55 bits per heavy atom. The minimum atomic E-state index is -3.67. The molecule has 1 saturated heterocycles. The lowest BCUT2D eigenvalue weighted by Gasteiger charge is -2.20. The molecule has 1 fully saturated rings. The normalized spacial score (nSPS) is 16.0. The molecule has 0 aliphatic carbocycles. The number of carbonyl (C=O) groups is 1. The van der Waals surface area contributed by atoms with E-state index in [9.17, 15) is 13.2 Å². The van der Waals surface area contributed by atoms with Crippen molar-refractivity contribution in [1.82, 2.24) is 14.5 Å². The molecular formula is C18H23ClN4O3S3. The van der Waals surface area contributed by atoms with Crippen LogP contribution in [0.3, 0.4) is 0 Å². The molecule has 29 heavy (non-hydrogen) atoms. The summed E-state index contributed by atoms with van der Waals surface area (Å²) in [6.45, 7) is 5.07. The van der Waals surface area contributed by atoms with Crippen molar-refractivity contribution in [3.63, 3.8) is 0 Å². The molecule has 0 unspecified atom stereocenters. The molecule has 1 aliphatic heterocycles. The van der Waals surface area contributed by atoms with Crippen molar-refractivity contribution < 1.29 is 13.2 Å². The molecule has 0 radical (unpaired) electrons. The first-order valence-corrected chi connectivity index (χ1v) is 12.9. The van der Waals surface area contributed by atoms with Crippen LogP contribution < -0.4 is 5.32 Å². The molecule has 1 aromatic carbocycles. The Balaban J connectivity index is 1.81. The first-order chi connectivity index (χ1) is 13.8. The predicted octanol–water partition coefficient (Wildman–Crippen LogP) is 4.51. The molecule has 7 nitrogen and oxygen atoms in total. The molecule has 158 valence electrons. The van der Waals surface area contributed by atoms with Gasteiger partial charge in [0.1, 0.15) is 0 Å². The van der Waals surface area contributed by atoms with Crippen LogP contribution in [-0.4, -0.2) is 47.2 Å². The average molecular weight is 475 g/mol. The smallest absolute Gasteiger partial charge is 0.259 e. The van der Waals surface area contributed by atoms with Crippen molar-refractivity contribution in [3.8, 4) is 0 Å². The molecule has 2 heterocycles. The van der Waals surface area contributed by atoms with Gasteiger partial charge in [0, 0.05) is 18.3 Å². The fourth-order valence-corrected chi connectivity index (χ4v) is 6.66. The van der Waals surface area contributed by atoms with Crippen LogP contribution in [0.25, 0.3) is 0 Å². The molecule has 1 aliphatic rings. The van der Waals surface area contributed by atoms with Crippen LogP contribution in [0.2, 0.25) is 5.02 Å². The molecule has 1 amide bonds. The predicted molar refractivity (Wildman–Crippen MR) is 118 cm³/mol. The third kappa shape index (κ3) is 5.69. The highest BCUT2D eigenvalue weighted by Crippen LogP contribution is 2.30. The highest BCUT2D eigenvalue weighted by Gasteiger charge is 2.27. The number of halogens is 1. The van der Waals surface area contributed by atoms with Gasteiger partial charge < -0.3 is 0 Å². The van der Waals surface area contributed by atoms with Crippen LogP contribution in [0.5, 0.6) is 0 Å². The summed E-state index contributed by atoms with van der Waals surface area (Å²) in [5.41, 5.74) is 0.0934. The Kier molecular flexibility index (Phi) is 7.55. The fourth-order valence-electron chi connectivity index (χ4n) is 2.94. The third-order valence-corrected chi connectivity index (χ3v) is 8.50. The Hall–Kier alpha value is -1.20. The summed E-state index contributed by atoms with van der Waals surface area (Å²) < 4.78 is 28.3. The number of nitrogens with zero attached hydrogens (tertiary/aromatic N) is 3. The largest absolute Gasteiger partial charge is 0.296 e. The van der Waals surface area contributed by atoms with Crippen molar-refractivity contribution in [1.29, 1.82) is 0 Å². The van der Waals surface area contributed by atoms with Gasteiger partial charge in [-0.3, -0.25) is 10.1 Å². The summed E-state index contributed by atoms with van der Waals surface area (Å²) in [7, 11) is -3.67. The molecular weight excluding hydrogens is 452 g/mol. The average Bonchev–Trinajstić information content (AvgIpc) is 2.91. The number of carbonyl (C=O) groups excluding carboxylic acids is 1. The summed E-state index contributed by atoms with van der Waals surface area (Å²) in [4.78, 5) is 12.8. The molecule has 0 bridgehead atoms.